The third kappa shape index (κ3) is 1.84. The maximum absolute atomic E-state index is 12.4. The SMILES string of the molecule is CC1CC12OC1CC(OCc3ccccc3)CC1C2=O. The van der Waals surface area contributed by atoms with E-state index in [9.17, 15) is 4.79 Å². The van der Waals surface area contributed by atoms with Gasteiger partial charge in [-0.1, -0.05) is 37.3 Å². The van der Waals surface area contributed by atoms with Gasteiger partial charge in [-0.3, -0.25) is 4.79 Å². The molecular formula is C17H20O3. The Kier molecular flexibility index (Phi) is 2.76. The van der Waals surface area contributed by atoms with Gasteiger partial charge in [0.05, 0.1) is 18.8 Å². The highest BCUT2D eigenvalue weighted by Crippen LogP contribution is 2.57. The molecule has 0 aromatic heterocycles. The molecular weight excluding hydrogens is 252 g/mol. The summed E-state index contributed by atoms with van der Waals surface area (Å²) in [5.74, 6) is 0.853. The molecule has 1 saturated heterocycles. The van der Waals surface area contributed by atoms with Crippen molar-refractivity contribution in [3.63, 3.8) is 0 Å². The Morgan fingerprint density at radius 2 is 2.05 bits per heavy atom. The van der Waals surface area contributed by atoms with E-state index in [1.54, 1.807) is 0 Å². The van der Waals surface area contributed by atoms with Gasteiger partial charge in [0.15, 0.2) is 5.78 Å². The summed E-state index contributed by atoms with van der Waals surface area (Å²) in [6.07, 6.45) is 2.91. The van der Waals surface area contributed by atoms with Crippen LogP contribution in [0.4, 0.5) is 0 Å². The molecule has 3 heteroatoms. The quantitative estimate of drug-likeness (QED) is 0.848. The number of carbonyl (C=O) groups is 1. The van der Waals surface area contributed by atoms with Crippen molar-refractivity contribution >= 4 is 5.78 Å². The number of hydrogen-bond donors (Lipinski definition) is 0. The van der Waals surface area contributed by atoms with Crippen LogP contribution < -0.4 is 0 Å². The zero-order valence-electron chi connectivity index (χ0n) is 11.7. The molecule has 1 aromatic rings. The van der Waals surface area contributed by atoms with Crippen molar-refractivity contribution in [2.24, 2.45) is 11.8 Å². The van der Waals surface area contributed by atoms with E-state index in [2.05, 4.69) is 19.1 Å². The van der Waals surface area contributed by atoms with Crippen LogP contribution in [0, 0.1) is 11.8 Å². The zero-order valence-corrected chi connectivity index (χ0v) is 11.7. The predicted octanol–water partition coefficient (Wildman–Crippen LogP) is 2.73. The van der Waals surface area contributed by atoms with E-state index in [1.165, 1.54) is 5.56 Å². The fraction of sp³-hybridized carbons (Fsp3) is 0.588. The molecule has 0 amide bonds. The number of hydrogen-bond acceptors (Lipinski definition) is 3. The van der Waals surface area contributed by atoms with Crippen molar-refractivity contribution < 1.29 is 14.3 Å². The van der Waals surface area contributed by atoms with Gasteiger partial charge in [-0.25, -0.2) is 0 Å². The average molecular weight is 272 g/mol. The van der Waals surface area contributed by atoms with Gasteiger partial charge in [0.25, 0.3) is 0 Å². The Balaban J connectivity index is 1.35. The molecule has 4 rings (SSSR count). The van der Waals surface area contributed by atoms with Crippen LogP contribution in [-0.2, 0) is 20.9 Å². The van der Waals surface area contributed by atoms with Gasteiger partial charge in [-0.2, -0.15) is 0 Å². The van der Waals surface area contributed by atoms with Crippen molar-refractivity contribution in [2.45, 2.75) is 50.6 Å². The summed E-state index contributed by atoms with van der Waals surface area (Å²) in [7, 11) is 0. The lowest BCUT2D eigenvalue weighted by Crippen LogP contribution is -2.25. The van der Waals surface area contributed by atoms with Crippen molar-refractivity contribution in [1.29, 1.82) is 0 Å². The van der Waals surface area contributed by atoms with E-state index >= 15 is 0 Å². The Labute approximate surface area is 119 Å². The second-order valence-corrected chi connectivity index (χ2v) is 6.51. The Morgan fingerprint density at radius 1 is 1.30 bits per heavy atom. The molecule has 5 atom stereocenters. The fourth-order valence-electron chi connectivity index (χ4n) is 3.83. The Hall–Kier alpha value is -1.19. The van der Waals surface area contributed by atoms with Gasteiger partial charge in [-0.15, -0.1) is 0 Å². The first-order valence-electron chi connectivity index (χ1n) is 7.57. The van der Waals surface area contributed by atoms with Crippen molar-refractivity contribution in [1.82, 2.24) is 0 Å². The van der Waals surface area contributed by atoms with Crippen LogP contribution >= 0.6 is 0 Å². The lowest BCUT2D eigenvalue weighted by molar-refractivity contribution is -0.128. The van der Waals surface area contributed by atoms with E-state index in [4.69, 9.17) is 9.47 Å². The molecule has 2 aliphatic carbocycles. The molecule has 3 fully saturated rings. The van der Waals surface area contributed by atoms with Gasteiger partial charge in [-0.05, 0) is 24.3 Å². The minimum absolute atomic E-state index is 0.0840. The molecule has 1 aliphatic heterocycles. The molecule has 20 heavy (non-hydrogen) atoms. The normalized spacial score (nSPS) is 42.1. The monoisotopic (exact) mass is 272 g/mol. The second kappa shape index (κ2) is 4.40. The van der Waals surface area contributed by atoms with E-state index in [-0.39, 0.29) is 23.7 Å². The van der Waals surface area contributed by atoms with E-state index in [1.807, 2.05) is 18.2 Å². The number of ketones is 1. The number of benzene rings is 1. The Morgan fingerprint density at radius 3 is 2.70 bits per heavy atom. The van der Waals surface area contributed by atoms with Crippen LogP contribution in [0.15, 0.2) is 30.3 Å². The Bertz CT molecular complexity index is 526. The summed E-state index contributed by atoms with van der Waals surface area (Å²) in [5, 5.41) is 0. The average Bonchev–Trinajstić information content (AvgIpc) is 2.83. The van der Waals surface area contributed by atoms with Crippen LogP contribution in [0.5, 0.6) is 0 Å². The third-order valence-electron chi connectivity index (χ3n) is 5.15. The van der Waals surface area contributed by atoms with E-state index in [0.717, 1.165) is 19.3 Å². The maximum atomic E-state index is 12.4. The molecule has 2 saturated carbocycles. The third-order valence-corrected chi connectivity index (χ3v) is 5.15. The van der Waals surface area contributed by atoms with Crippen LogP contribution in [0.25, 0.3) is 0 Å². The van der Waals surface area contributed by atoms with Crippen molar-refractivity contribution in [2.75, 3.05) is 0 Å². The van der Waals surface area contributed by atoms with Gasteiger partial charge in [0.2, 0.25) is 0 Å². The van der Waals surface area contributed by atoms with E-state index in [0.29, 0.717) is 18.3 Å². The van der Waals surface area contributed by atoms with Crippen LogP contribution in [0.3, 0.4) is 0 Å². The molecule has 1 heterocycles. The van der Waals surface area contributed by atoms with Crippen LogP contribution in [0.1, 0.15) is 31.7 Å². The summed E-state index contributed by atoms with van der Waals surface area (Å²) in [6, 6.07) is 10.2. The molecule has 106 valence electrons. The minimum Gasteiger partial charge on any atom is -0.373 e. The molecule has 1 spiro atoms. The summed E-state index contributed by atoms with van der Waals surface area (Å²) in [6.45, 7) is 2.74. The number of carbonyl (C=O) groups excluding carboxylic acids is 1. The first-order chi connectivity index (χ1) is 9.69. The van der Waals surface area contributed by atoms with Gasteiger partial charge in [0, 0.05) is 12.3 Å². The van der Waals surface area contributed by atoms with Gasteiger partial charge in [0.1, 0.15) is 5.60 Å². The number of fused-ring (bicyclic) bond motifs is 1. The molecule has 0 radical (unpaired) electrons. The number of ether oxygens (including phenoxy) is 2. The predicted molar refractivity (Wildman–Crippen MR) is 74.1 cm³/mol. The largest absolute Gasteiger partial charge is 0.373 e. The lowest BCUT2D eigenvalue weighted by atomic mass is 9.98. The van der Waals surface area contributed by atoms with Gasteiger partial charge < -0.3 is 9.47 Å². The summed E-state index contributed by atoms with van der Waals surface area (Å²) < 4.78 is 12.0. The zero-order chi connectivity index (χ0) is 13.7. The summed E-state index contributed by atoms with van der Waals surface area (Å²) in [4.78, 5) is 12.4. The summed E-state index contributed by atoms with van der Waals surface area (Å²) >= 11 is 0. The molecule has 0 bridgehead atoms. The molecule has 0 N–H and O–H groups in total. The fourth-order valence-corrected chi connectivity index (χ4v) is 3.83. The standard InChI is InChI=1S/C17H20O3/c1-11-9-17(11)16(18)14-7-13(8-15(14)20-17)19-10-12-5-3-2-4-6-12/h2-6,11,13-15H,7-10H2,1H3. The highest BCUT2D eigenvalue weighted by atomic mass is 16.5. The van der Waals surface area contributed by atoms with Gasteiger partial charge >= 0.3 is 0 Å². The van der Waals surface area contributed by atoms with Crippen LogP contribution in [-0.4, -0.2) is 23.6 Å². The molecule has 5 unspecified atom stereocenters. The smallest absolute Gasteiger partial charge is 0.170 e. The molecule has 3 aliphatic rings. The lowest BCUT2D eigenvalue weighted by Gasteiger charge is -2.15. The first kappa shape index (κ1) is 12.5. The van der Waals surface area contributed by atoms with E-state index < -0.39 is 0 Å². The first-order valence-corrected chi connectivity index (χ1v) is 7.57. The summed E-state index contributed by atoms with van der Waals surface area (Å²) in [5.41, 5.74) is 0.795. The number of rotatable bonds is 3. The van der Waals surface area contributed by atoms with Crippen molar-refractivity contribution in [3.8, 4) is 0 Å². The molecule has 1 aromatic carbocycles. The topological polar surface area (TPSA) is 35.5 Å². The highest BCUT2D eigenvalue weighted by Gasteiger charge is 2.68. The van der Waals surface area contributed by atoms with Crippen molar-refractivity contribution in [3.05, 3.63) is 35.9 Å². The highest BCUT2D eigenvalue weighted by molar-refractivity contribution is 5.95. The van der Waals surface area contributed by atoms with Crippen LogP contribution in [0.2, 0.25) is 0 Å². The number of Topliss-reactive ketones (excluding diaryl/α,β-unsaturated/α-hetero) is 1. The maximum Gasteiger partial charge on any atom is 0.170 e. The molecule has 3 nitrogen and oxygen atoms in total. The minimum atomic E-state index is -0.389. The second-order valence-electron chi connectivity index (χ2n) is 6.51.